The molecule has 3 nitrogen and oxygen atoms in total. The van der Waals surface area contributed by atoms with Crippen molar-refractivity contribution in [2.45, 2.75) is 12.8 Å². The maximum Gasteiger partial charge on any atom is 0.254 e. The fraction of sp³-hybridized carbons (Fsp3) is 0.462. The van der Waals surface area contributed by atoms with E-state index in [9.17, 15) is 9.18 Å². The lowest BCUT2D eigenvalue weighted by Crippen LogP contribution is -2.28. The van der Waals surface area contributed by atoms with Crippen LogP contribution in [0.1, 0.15) is 23.2 Å². The Balaban J connectivity index is 1.72. The van der Waals surface area contributed by atoms with Crippen LogP contribution in [0.3, 0.4) is 0 Å². The van der Waals surface area contributed by atoms with Crippen LogP contribution in [0, 0.1) is 11.7 Å². The van der Waals surface area contributed by atoms with Crippen LogP contribution in [0.5, 0.6) is 0 Å². The zero-order valence-electron chi connectivity index (χ0n) is 9.92. The summed E-state index contributed by atoms with van der Waals surface area (Å²) in [5, 5.41) is 2.63. The Hall–Kier alpha value is -0.940. The minimum Gasteiger partial charge on any atom is -0.379 e. The summed E-state index contributed by atoms with van der Waals surface area (Å²) in [5.74, 6) is -0.222. The molecule has 1 aliphatic rings. The predicted octanol–water partition coefficient (Wildman–Crippen LogP) is 2.74. The summed E-state index contributed by atoms with van der Waals surface area (Å²) in [6.07, 6.45) is 2.49. The molecule has 0 unspecified atom stereocenters. The van der Waals surface area contributed by atoms with E-state index in [4.69, 9.17) is 4.74 Å². The minimum atomic E-state index is -0.527. The Labute approximate surface area is 114 Å². The number of carbonyl (C=O) groups is 1. The second-order valence-corrected chi connectivity index (χ2v) is 5.31. The van der Waals surface area contributed by atoms with Gasteiger partial charge in [0.25, 0.3) is 5.91 Å². The lowest BCUT2D eigenvalue weighted by Gasteiger charge is -2.07. The van der Waals surface area contributed by atoms with Crippen LogP contribution < -0.4 is 5.32 Å². The van der Waals surface area contributed by atoms with Gasteiger partial charge in [-0.1, -0.05) is 15.9 Å². The van der Waals surface area contributed by atoms with E-state index in [1.165, 1.54) is 25.0 Å². The Morgan fingerprint density at radius 2 is 2.28 bits per heavy atom. The summed E-state index contributed by atoms with van der Waals surface area (Å²) in [7, 11) is 0. The SMILES string of the molecule is O=C(NCCOCC1CC1)c1ccc(Br)cc1F. The first-order valence-electron chi connectivity index (χ1n) is 5.98. The molecule has 0 heterocycles. The monoisotopic (exact) mass is 315 g/mol. The van der Waals surface area contributed by atoms with E-state index in [2.05, 4.69) is 21.2 Å². The van der Waals surface area contributed by atoms with Crippen molar-refractivity contribution >= 4 is 21.8 Å². The third kappa shape index (κ3) is 4.07. The van der Waals surface area contributed by atoms with Gasteiger partial charge >= 0.3 is 0 Å². The number of benzene rings is 1. The standard InChI is InChI=1S/C13H15BrFNO2/c14-10-3-4-11(12(15)7-10)13(17)16-5-6-18-8-9-1-2-9/h3-4,7,9H,1-2,5-6,8H2,(H,16,17). The van der Waals surface area contributed by atoms with Crippen molar-refractivity contribution in [2.24, 2.45) is 5.92 Å². The number of hydrogen-bond acceptors (Lipinski definition) is 2. The Bertz CT molecular complexity index is 435. The van der Waals surface area contributed by atoms with Gasteiger partial charge in [0.05, 0.1) is 12.2 Å². The van der Waals surface area contributed by atoms with E-state index >= 15 is 0 Å². The van der Waals surface area contributed by atoms with Gasteiger partial charge in [-0.25, -0.2) is 4.39 Å². The number of rotatable bonds is 6. The molecule has 0 aliphatic heterocycles. The lowest BCUT2D eigenvalue weighted by atomic mass is 10.2. The molecule has 0 saturated heterocycles. The van der Waals surface area contributed by atoms with Crippen molar-refractivity contribution in [1.82, 2.24) is 5.32 Å². The topological polar surface area (TPSA) is 38.3 Å². The Kier molecular flexibility index (Phi) is 4.72. The Morgan fingerprint density at radius 1 is 1.50 bits per heavy atom. The van der Waals surface area contributed by atoms with Crippen LogP contribution in [0.2, 0.25) is 0 Å². The fourth-order valence-electron chi connectivity index (χ4n) is 1.54. The summed E-state index contributed by atoms with van der Waals surface area (Å²) in [5.41, 5.74) is 0.0559. The highest BCUT2D eigenvalue weighted by molar-refractivity contribution is 9.10. The van der Waals surface area contributed by atoms with E-state index in [0.717, 1.165) is 6.61 Å². The second-order valence-electron chi connectivity index (χ2n) is 4.40. The van der Waals surface area contributed by atoms with Crippen molar-refractivity contribution in [3.63, 3.8) is 0 Å². The summed E-state index contributed by atoms with van der Waals surface area (Å²) in [6, 6.07) is 4.37. The van der Waals surface area contributed by atoms with Gasteiger partial charge in [-0.05, 0) is 37.0 Å². The van der Waals surface area contributed by atoms with Crippen molar-refractivity contribution in [1.29, 1.82) is 0 Å². The summed E-state index contributed by atoms with van der Waals surface area (Å²) in [4.78, 5) is 11.7. The minimum absolute atomic E-state index is 0.0559. The van der Waals surface area contributed by atoms with Crippen molar-refractivity contribution < 1.29 is 13.9 Å². The predicted molar refractivity (Wildman–Crippen MR) is 70.0 cm³/mol. The summed E-state index contributed by atoms with van der Waals surface area (Å²) in [6.45, 7) is 1.64. The van der Waals surface area contributed by atoms with Crippen molar-refractivity contribution in [3.8, 4) is 0 Å². The van der Waals surface area contributed by atoms with Crippen LogP contribution in [-0.2, 0) is 4.74 Å². The number of nitrogens with one attached hydrogen (secondary N) is 1. The molecule has 1 fully saturated rings. The van der Waals surface area contributed by atoms with Gasteiger partial charge < -0.3 is 10.1 Å². The third-order valence-electron chi connectivity index (χ3n) is 2.76. The van der Waals surface area contributed by atoms with E-state index in [0.29, 0.717) is 23.5 Å². The first kappa shape index (κ1) is 13.5. The lowest BCUT2D eigenvalue weighted by molar-refractivity contribution is 0.0903. The number of ether oxygens (including phenoxy) is 1. The van der Waals surface area contributed by atoms with Crippen LogP contribution in [0.25, 0.3) is 0 Å². The molecule has 1 amide bonds. The molecule has 0 spiro atoms. The van der Waals surface area contributed by atoms with Crippen LogP contribution in [0.4, 0.5) is 4.39 Å². The Morgan fingerprint density at radius 3 is 2.94 bits per heavy atom. The van der Waals surface area contributed by atoms with Crippen LogP contribution >= 0.6 is 15.9 Å². The van der Waals surface area contributed by atoms with E-state index in [-0.39, 0.29) is 5.56 Å². The highest BCUT2D eigenvalue weighted by Crippen LogP contribution is 2.28. The van der Waals surface area contributed by atoms with E-state index in [1.807, 2.05) is 0 Å². The van der Waals surface area contributed by atoms with Gasteiger partial charge in [-0.15, -0.1) is 0 Å². The zero-order chi connectivity index (χ0) is 13.0. The number of hydrogen-bond donors (Lipinski definition) is 1. The first-order valence-corrected chi connectivity index (χ1v) is 6.77. The molecule has 1 aromatic rings. The van der Waals surface area contributed by atoms with Crippen molar-refractivity contribution in [3.05, 3.63) is 34.1 Å². The largest absolute Gasteiger partial charge is 0.379 e. The molecule has 0 radical (unpaired) electrons. The molecule has 2 rings (SSSR count). The van der Waals surface area contributed by atoms with Gasteiger partial charge in [0.15, 0.2) is 0 Å². The summed E-state index contributed by atoms with van der Waals surface area (Å²) >= 11 is 3.15. The maximum absolute atomic E-state index is 13.5. The van der Waals surface area contributed by atoms with Crippen LogP contribution in [0.15, 0.2) is 22.7 Å². The van der Waals surface area contributed by atoms with Crippen LogP contribution in [-0.4, -0.2) is 25.7 Å². The molecule has 1 aliphatic carbocycles. The molecule has 1 aromatic carbocycles. The quantitative estimate of drug-likeness (QED) is 0.820. The molecule has 98 valence electrons. The number of amides is 1. The first-order chi connectivity index (χ1) is 8.66. The fourth-order valence-corrected chi connectivity index (χ4v) is 1.87. The van der Waals surface area contributed by atoms with E-state index in [1.54, 1.807) is 6.07 Å². The molecular formula is C13H15BrFNO2. The molecule has 1 saturated carbocycles. The number of halogens is 2. The normalized spacial score (nSPS) is 14.6. The molecular weight excluding hydrogens is 301 g/mol. The smallest absolute Gasteiger partial charge is 0.254 e. The average molecular weight is 316 g/mol. The van der Waals surface area contributed by atoms with Gasteiger partial charge in [0, 0.05) is 17.6 Å². The highest BCUT2D eigenvalue weighted by Gasteiger charge is 2.20. The number of carbonyl (C=O) groups excluding carboxylic acids is 1. The molecule has 18 heavy (non-hydrogen) atoms. The molecule has 0 atom stereocenters. The molecule has 0 aromatic heterocycles. The average Bonchev–Trinajstić information content (AvgIpc) is 3.12. The van der Waals surface area contributed by atoms with E-state index < -0.39 is 11.7 Å². The molecule has 1 N–H and O–H groups in total. The van der Waals surface area contributed by atoms with Gasteiger partial charge in [0.2, 0.25) is 0 Å². The second kappa shape index (κ2) is 6.29. The summed E-state index contributed by atoms with van der Waals surface area (Å²) < 4.78 is 19.5. The highest BCUT2D eigenvalue weighted by atomic mass is 79.9. The van der Waals surface area contributed by atoms with Gasteiger partial charge in [-0.2, -0.15) is 0 Å². The third-order valence-corrected chi connectivity index (χ3v) is 3.25. The van der Waals surface area contributed by atoms with Crippen molar-refractivity contribution in [2.75, 3.05) is 19.8 Å². The zero-order valence-corrected chi connectivity index (χ0v) is 11.5. The van der Waals surface area contributed by atoms with Gasteiger partial charge in [-0.3, -0.25) is 4.79 Å². The molecule has 5 heteroatoms. The maximum atomic E-state index is 13.5. The van der Waals surface area contributed by atoms with Gasteiger partial charge in [0.1, 0.15) is 5.82 Å². The molecule has 0 bridgehead atoms.